The van der Waals surface area contributed by atoms with Crippen molar-refractivity contribution in [2.45, 2.75) is 12.3 Å². The Hall–Kier alpha value is -1.75. The van der Waals surface area contributed by atoms with Gasteiger partial charge in [-0.15, -0.1) is 0 Å². The number of carboxylic acids is 1. The Morgan fingerprint density at radius 3 is 2.83 bits per heavy atom. The molecule has 0 aliphatic rings. The van der Waals surface area contributed by atoms with Crippen molar-refractivity contribution in [3.63, 3.8) is 0 Å². The largest absolute Gasteiger partial charge is 0.481 e. The maximum absolute atomic E-state index is 11.0. The minimum Gasteiger partial charge on any atom is -0.481 e. The molecular weight excluding hydrogens is 296 g/mol. The van der Waals surface area contributed by atoms with Crippen LogP contribution in [0.25, 0.3) is 0 Å². The number of hydrogen-bond acceptors (Lipinski definition) is 3. The number of aliphatic carboxylic acids is 1. The molecule has 1 N–H and O–H groups in total. The molecule has 1 aromatic carbocycles. The van der Waals surface area contributed by atoms with Gasteiger partial charge in [0.25, 0.3) is 0 Å². The lowest BCUT2D eigenvalue weighted by Gasteiger charge is -2.14. The van der Waals surface area contributed by atoms with Crippen molar-refractivity contribution in [1.29, 1.82) is 0 Å². The highest BCUT2D eigenvalue weighted by molar-refractivity contribution is 9.10. The normalized spacial score (nSPS) is 12.1. The number of halogens is 1. The van der Waals surface area contributed by atoms with Gasteiger partial charge < -0.3 is 5.11 Å². The van der Waals surface area contributed by atoms with E-state index in [9.17, 15) is 4.79 Å². The lowest BCUT2D eigenvalue weighted by molar-refractivity contribution is -0.137. The van der Waals surface area contributed by atoms with E-state index in [4.69, 9.17) is 5.11 Å². The predicted octanol–water partition coefficient (Wildman–Crippen LogP) is 2.85. The SMILES string of the molecule is O=C(O)CC(c1cccc(Br)c1)c1ccncn1. The number of aromatic nitrogens is 2. The van der Waals surface area contributed by atoms with Crippen molar-refractivity contribution in [2.24, 2.45) is 0 Å². The van der Waals surface area contributed by atoms with Crippen molar-refractivity contribution >= 4 is 21.9 Å². The summed E-state index contributed by atoms with van der Waals surface area (Å²) in [4.78, 5) is 19.0. The molecular formula is C13H11BrN2O2. The van der Waals surface area contributed by atoms with Gasteiger partial charge in [0.2, 0.25) is 0 Å². The van der Waals surface area contributed by atoms with Crippen LogP contribution in [0.5, 0.6) is 0 Å². The van der Waals surface area contributed by atoms with Crippen LogP contribution in [-0.2, 0) is 4.79 Å². The van der Waals surface area contributed by atoms with Gasteiger partial charge in [0.15, 0.2) is 0 Å². The molecule has 2 aromatic rings. The third-order valence-corrected chi connectivity index (χ3v) is 3.08. The average molecular weight is 307 g/mol. The van der Waals surface area contributed by atoms with Gasteiger partial charge in [0, 0.05) is 16.6 Å². The Kier molecular flexibility index (Phi) is 4.04. The number of rotatable bonds is 4. The third-order valence-electron chi connectivity index (χ3n) is 2.59. The average Bonchev–Trinajstić information content (AvgIpc) is 2.37. The van der Waals surface area contributed by atoms with E-state index in [0.717, 1.165) is 10.0 Å². The highest BCUT2D eigenvalue weighted by atomic mass is 79.9. The number of nitrogens with zero attached hydrogens (tertiary/aromatic N) is 2. The Morgan fingerprint density at radius 1 is 1.39 bits per heavy atom. The highest BCUT2D eigenvalue weighted by Gasteiger charge is 2.19. The molecule has 0 radical (unpaired) electrons. The molecule has 1 aromatic heterocycles. The maximum Gasteiger partial charge on any atom is 0.304 e. The molecule has 4 nitrogen and oxygen atoms in total. The summed E-state index contributed by atoms with van der Waals surface area (Å²) in [5.74, 6) is -1.11. The summed E-state index contributed by atoms with van der Waals surface area (Å²) in [6, 6.07) is 9.35. The molecule has 0 saturated carbocycles. The van der Waals surface area contributed by atoms with E-state index >= 15 is 0 Å². The summed E-state index contributed by atoms with van der Waals surface area (Å²) < 4.78 is 0.921. The molecule has 1 heterocycles. The number of benzene rings is 1. The van der Waals surface area contributed by atoms with Gasteiger partial charge in [-0.1, -0.05) is 28.1 Å². The molecule has 1 unspecified atom stereocenters. The van der Waals surface area contributed by atoms with E-state index in [2.05, 4.69) is 25.9 Å². The smallest absolute Gasteiger partial charge is 0.304 e. The fourth-order valence-corrected chi connectivity index (χ4v) is 2.22. The first-order chi connectivity index (χ1) is 8.66. The monoisotopic (exact) mass is 306 g/mol. The van der Waals surface area contributed by atoms with Crippen LogP contribution < -0.4 is 0 Å². The van der Waals surface area contributed by atoms with E-state index in [0.29, 0.717) is 5.69 Å². The van der Waals surface area contributed by atoms with Crippen LogP contribution in [0.1, 0.15) is 23.6 Å². The van der Waals surface area contributed by atoms with Crippen LogP contribution in [0.4, 0.5) is 0 Å². The van der Waals surface area contributed by atoms with Gasteiger partial charge >= 0.3 is 5.97 Å². The Labute approximate surface area is 113 Å². The first-order valence-electron chi connectivity index (χ1n) is 5.40. The predicted molar refractivity (Wildman–Crippen MR) is 70.3 cm³/mol. The number of carboxylic acid groups (broad SMARTS) is 1. The molecule has 0 spiro atoms. The van der Waals surface area contributed by atoms with Gasteiger partial charge in [0.1, 0.15) is 6.33 Å². The van der Waals surface area contributed by atoms with E-state index in [-0.39, 0.29) is 12.3 Å². The van der Waals surface area contributed by atoms with Crippen molar-refractivity contribution < 1.29 is 9.90 Å². The van der Waals surface area contributed by atoms with Gasteiger partial charge in [-0.25, -0.2) is 9.97 Å². The molecule has 2 rings (SSSR count). The molecule has 5 heteroatoms. The first kappa shape index (κ1) is 12.7. The van der Waals surface area contributed by atoms with Gasteiger partial charge in [-0.2, -0.15) is 0 Å². The van der Waals surface area contributed by atoms with Crippen LogP contribution in [0, 0.1) is 0 Å². The highest BCUT2D eigenvalue weighted by Crippen LogP contribution is 2.28. The fraction of sp³-hybridized carbons (Fsp3) is 0.154. The topological polar surface area (TPSA) is 63.1 Å². The molecule has 0 amide bonds. The van der Waals surface area contributed by atoms with Gasteiger partial charge in [-0.3, -0.25) is 4.79 Å². The summed E-state index contributed by atoms with van der Waals surface area (Å²) in [5.41, 5.74) is 1.64. The third kappa shape index (κ3) is 3.13. The van der Waals surface area contributed by atoms with Crippen LogP contribution in [0.15, 0.2) is 47.3 Å². The summed E-state index contributed by atoms with van der Waals surface area (Å²) in [6.45, 7) is 0. The number of carbonyl (C=O) groups is 1. The summed E-state index contributed by atoms with van der Waals surface area (Å²) in [6.07, 6.45) is 3.06. The molecule has 0 aliphatic heterocycles. The zero-order valence-electron chi connectivity index (χ0n) is 9.45. The zero-order valence-corrected chi connectivity index (χ0v) is 11.0. The lowest BCUT2D eigenvalue weighted by atomic mass is 9.92. The van der Waals surface area contributed by atoms with E-state index in [1.807, 2.05) is 24.3 Å². The second-order valence-corrected chi connectivity index (χ2v) is 4.76. The first-order valence-corrected chi connectivity index (χ1v) is 6.19. The second-order valence-electron chi connectivity index (χ2n) is 3.84. The van der Waals surface area contributed by atoms with Gasteiger partial charge in [-0.05, 0) is 23.8 Å². The molecule has 18 heavy (non-hydrogen) atoms. The molecule has 0 fully saturated rings. The van der Waals surface area contributed by atoms with Crippen molar-refractivity contribution in [3.05, 3.63) is 58.6 Å². The second kappa shape index (κ2) is 5.73. The lowest BCUT2D eigenvalue weighted by Crippen LogP contribution is -2.09. The zero-order chi connectivity index (χ0) is 13.0. The molecule has 0 aliphatic carbocycles. The van der Waals surface area contributed by atoms with E-state index < -0.39 is 5.97 Å². The van der Waals surface area contributed by atoms with Crippen molar-refractivity contribution in [3.8, 4) is 0 Å². The van der Waals surface area contributed by atoms with E-state index in [1.54, 1.807) is 12.3 Å². The van der Waals surface area contributed by atoms with Gasteiger partial charge in [0.05, 0.1) is 12.1 Å². The molecule has 92 valence electrons. The summed E-state index contributed by atoms with van der Waals surface area (Å²) >= 11 is 3.39. The van der Waals surface area contributed by atoms with Crippen LogP contribution >= 0.6 is 15.9 Å². The summed E-state index contributed by atoms with van der Waals surface area (Å²) in [5, 5.41) is 9.02. The minimum atomic E-state index is -0.849. The van der Waals surface area contributed by atoms with Crippen LogP contribution in [-0.4, -0.2) is 21.0 Å². The van der Waals surface area contributed by atoms with Crippen LogP contribution in [0.3, 0.4) is 0 Å². The Balaban J connectivity index is 2.40. The minimum absolute atomic E-state index is 0.00741. The Morgan fingerprint density at radius 2 is 2.22 bits per heavy atom. The number of hydrogen-bond donors (Lipinski definition) is 1. The summed E-state index contributed by atoms with van der Waals surface area (Å²) in [7, 11) is 0. The van der Waals surface area contributed by atoms with Crippen LogP contribution in [0.2, 0.25) is 0 Å². The molecule has 0 bridgehead atoms. The molecule has 0 saturated heterocycles. The van der Waals surface area contributed by atoms with E-state index in [1.165, 1.54) is 6.33 Å². The standard InChI is InChI=1S/C13H11BrN2O2/c14-10-3-1-2-9(6-10)11(7-13(17)18)12-4-5-15-8-16-12/h1-6,8,11H,7H2,(H,17,18). The maximum atomic E-state index is 11.0. The Bertz CT molecular complexity index is 546. The fourth-order valence-electron chi connectivity index (χ4n) is 1.80. The molecule has 1 atom stereocenters. The quantitative estimate of drug-likeness (QED) is 0.943. The van der Waals surface area contributed by atoms with Crippen molar-refractivity contribution in [1.82, 2.24) is 9.97 Å². The van der Waals surface area contributed by atoms with Crippen molar-refractivity contribution in [2.75, 3.05) is 0 Å².